The zero-order chi connectivity index (χ0) is 31.4. The Hall–Kier alpha value is -5.60. The zero-order valence-corrected chi connectivity index (χ0v) is 26.6. The van der Waals surface area contributed by atoms with Crippen molar-refractivity contribution in [3.05, 3.63) is 192 Å². The van der Waals surface area contributed by atoms with E-state index in [1.807, 2.05) is 0 Å². The number of hydrogen-bond donors (Lipinski definition) is 0. The van der Waals surface area contributed by atoms with Gasteiger partial charge in [-0.3, -0.25) is 0 Å². The van der Waals surface area contributed by atoms with Crippen LogP contribution in [0.1, 0.15) is 32.1 Å². The van der Waals surface area contributed by atoms with E-state index in [1.165, 1.54) is 55.8 Å². The summed E-state index contributed by atoms with van der Waals surface area (Å²) in [7, 11) is 0. The molecule has 0 fully saturated rings. The quantitative estimate of drug-likeness (QED) is 0.182. The van der Waals surface area contributed by atoms with Crippen molar-refractivity contribution >= 4 is 33.5 Å². The number of fused-ring (bicyclic) bond motifs is 1. The fourth-order valence-electron chi connectivity index (χ4n) is 7.13. The topological polar surface area (TPSA) is 6.48 Å². The Morgan fingerprint density at radius 2 is 1.21 bits per heavy atom. The van der Waals surface area contributed by atoms with Gasteiger partial charge in [-0.25, -0.2) is 0 Å². The molecule has 8 rings (SSSR count). The van der Waals surface area contributed by atoms with E-state index < -0.39 is 0 Å². The number of anilines is 4. The maximum absolute atomic E-state index is 2.51. The number of para-hydroxylation sites is 1. The van der Waals surface area contributed by atoms with Gasteiger partial charge in [0.25, 0.3) is 0 Å². The van der Waals surface area contributed by atoms with Gasteiger partial charge in [0.05, 0.1) is 5.69 Å². The molecule has 0 unspecified atom stereocenters. The summed E-state index contributed by atoms with van der Waals surface area (Å²) in [5.74, 6) is 0. The van der Waals surface area contributed by atoms with Gasteiger partial charge in [-0.1, -0.05) is 121 Å². The SMILES string of the molecule is C1=CCCC(N(C2=CCCC3=C2CC=CC=C3)c2ccc(-c3ccc(N(c4ccccc4)c4cccc5ccccc45)cc3)cc2)=C1. The summed E-state index contributed by atoms with van der Waals surface area (Å²) < 4.78 is 0. The highest BCUT2D eigenvalue weighted by atomic mass is 15.2. The van der Waals surface area contributed by atoms with Crippen molar-refractivity contribution < 1.29 is 0 Å². The van der Waals surface area contributed by atoms with E-state index in [0.717, 1.165) is 43.5 Å². The molecule has 47 heavy (non-hydrogen) atoms. The second-order valence-electron chi connectivity index (χ2n) is 12.3. The fraction of sp³-hybridized carbons (Fsp3) is 0.111. The molecule has 0 aromatic heterocycles. The second-order valence-corrected chi connectivity index (χ2v) is 12.3. The van der Waals surface area contributed by atoms with E-state index >= 15 is 0 Å². The molecule has 5 aromatic carbocycles. The Morgan fingerprint density at radius 3 is 1.98 bits per heavy atom. The number of benzene rings is 5. The van der Waals surface area contributed by atoms with Crippen molar-refractivity contribution in [2.75, 3.05) is 9.80 Å². The monoisotopic (exact) mass is 606 g/mol. The molecule has 0 amide bonds. The summed E-state index contributed by atoms with van der Waals surface area (Å²) in [6.07, 6.45) is 23.5. The Balaban J connectivity index is 1.13. The molecule has 0 aliphatic heterocycles. The molecule has 228 valence electrons. The van der Waals surface area contributed by atoms with Gasteiger partial charge in [-0.05, 0) is 108 Å². The van der Waals surface area contributed by atoms with Gasteiger partial charge in [0.1, 0.15) is 0 Å². The second kappa shape index (κ2) is 13.0. The van der Waals surface area contributed by atoms with E-state index in [2.05, 4.69) is 180 Å². The van der Waals surface area contributed by atoms with Crippen LogP contribution < -0.4 is 9.80 Å². The molecular weight excluding hydrogens is 569 g/mol. The first-order valence-electron chi connectivity index (χ1n) is 16.8. The Kier molecular flexibility index (Phi) is 7.99. The molecule has 0 radical (unpaired) electrons. The molecule has 0 spiro atoms. The molecule has 3 aliphatic rings. The molecule has 0 saturated heterocycles. The maximum Gasteiger partial charge on any atom is 0.0540 e. The minimum Gasteiger partial charge on any atom is -0.314 e. The van der Waals surface area contributed by atoms with Crippen molar-refractivity contribution in [3.8, 4) is 11.1 Å². The highest BCUT2D eigenvalue weighted by Gasteiger charge is 2.24. The van der Waals surface area contributed by atoms with E-state index in [9.17, 15) is 0 Å². The predicted octanol–water partition coefficient (Wildman–Crippen LogP) is 12.5. The average Bonchev–Trinajstić information content (AvgIpc) is 3.40. The molecule has 0 saturated carbocycles. The third-order valence-electron chi connectivity index (χ3n) is 9.44. The van der Waals surface area contributed by atoms with Gasteiger partial charge in [0.2, 0.25) is 0 Å². The lowest BCUT2D eigenvalue weighted by atomic mass is 9.91. The fourth-order valence-corrected chi connectivity index (χ4v) is 7.13. The van der Waals surface area contributed by atoms with Crippen LogP contribution in [0.25, 0.3) is 21.9 Å². The Labute approximate surface area is 278 Å². The largest absolute Gasteiger partial charge is 0.314 e. The van der Waals surface area contributed by atoms with Gasteiger partial charge < -0.3 is 9.80 Å². The summed E-state index contributed by atoms with van der Waals surface area (Å²) in [6, 6.07) is 44.0. The minimum absolute atomic E-state index is 0.969. The van der Waals surface area contributed by atoms with Gasteiger partial charge in [-0.2, -0.15) is 0 Å². The van der Waals surface area contributed by atoms with Crippen molar-refractivity contribution in [1.29, 1.82) is 0 Å². The van der Waals surface area contributed by atoms with E-state index in [4.69, 9.17) is 0 Å². The third-order valence-corrected chi connectivity index (χ3v) is 9.44. The lowest BCUT2D eigenvalue weighted by Gasteiger charge is -2.34. The molecule has 2 heteroatoms. The summed E-state index contributed by atoms with van der Waals surface area (Å²) in [6.45, 7) is 0. The highest BCUT2D eigenvalue weighted by molar-refractivity contribution is 5.99. The van der Waals surface area contributed by atoms with Crippen molar-refractivity contribution in [1.82, 2.24) is 0 Å². The summed E-state index contributed by atoms with van der Waals surface area (Å²) in [4.78, 5) is 4.87. The zero-order valence-electron chi connectivity index (χ0n) is 26.6. The first-order chi connectivity index (χ1) is 23.3. The van der Waals surface area contributed by atoms with Crippen LogP contribution in [0.4, 0.5) is 22.7 Å². The summed E-state index contributed by atoms with van der Waals surface area (Å²) in [5.41, 5.74) is 12.7. The normalized spacial score (nSPS) is 15.6. The number of allylic oxidation sites excluding steroid dienone is 11. The lowest BCUT2D eigenvalue weighted by molar-refractivity contribution is 0.855. The van der Waals surface area contributed by atoms with Crippen LogP contribution in [0, 0.1) is 0 Å². The standard InChI is InChI=1S/C45H38N2/c1-4-14-36-16-12-24-44(42(36)22-9-1)46(38-18-5-2-6-19-38)40-30-26-34(27-31-40)35-28-32-41(33-29-35)47(39-20-7-3-8-21-39)45-25-13-17-37-15-10-11-23-43(37)45/h1-5,7-11,13-15,17-18,20-21,23-33H,6,12,16,19,22H2. The van der Waals surface area contributed by atoms with Crippen LogP contribution in [0.15, 0.2) is 192 Å². The highest BCUT2D eigenvalue weighted by Crippen LogP contribution is 2.41. The van der Waals surface area contributed by atoms with Crippen molar-refractivity contribution in [2.24, 2.45) is 0 Å². The number of nitrogens with zero attached hydrogens (tertiary/aromatic N) is 2. The molecule has 0 bridgehead atoms. The molecule has 0 heterocycles. The molecular formula is C45H38N2. The number of rotatable bonds is 7. The number of hydrogen-bond acceptors (Lipinski definition) is 2. The Morgan fingerprint density at radius 1 is 0.511 bits per heavy atom. The lowest BCUT2D eigenvalue weighted by Crippen LogP contribution is -2.25. The maximum atomic E-state index is 2.51. The van der Waals surface area contributed by atoms with Gasteiger partial charge in [0, 0.05) is 33.8 Å². The molecule has 5 aromatic rings. The minimum atomic E-state index is 0.969. The van der Waals surface area contributed by atoms with Crippen LogP contribution in [0.2, 0.25) is 0 Å². The third kappa shape index (κ3) is 5.79. The van der Waals surface area contributed by atoms with Crippen LogP contribution in [-0.4, -0.2) is 0 Å². The average molecular weight is 607 g/mol. The van der Waals surface area contributed by atoms with Gasteiger partial charge in [0.15, 0.2) is 0 Å². The van der Waals surface area contributed by atoms with Gasteiger partial charge >= 0.3 is 0 Å². The summed E-state index contributed by atoms with van der Waals surface area (Å²) in [5, 5.41) is 2.47. The summed E-state index contributed by atoms with van der Waals surface area (Å²) >= 11 is 0. The van der Waals surface area contributed by atoms with Crippen LogP contribution in [-0.2, 0) is 0 Å². The predicted molar refractivity (Wildman–Crippen MR) is 200 cm³/mol. The first kappa shape index (κ1) is 28.8. The van der Waals surface area contributed by atoms with E-state index in [0.29, 0.717) is 0 Å². The Bertz CT molecular complexity index is 2080. The molecule has 0 atom stereocenters. The molecule has 3 aliphatic carbocycles. The van der Waals surface area contributed by atoms with Crippen molar-refractivity contribution in [3.63, 3.8) is 0 Å². The van der Waals surface area contributed by atoms with E-state index in [1.54, 1.807) is 0 Å². The van der Waals surface area contributed by atoms with Crippen LogP contribution in [0.5, 0.6) is 0 Å². The van der Waals surface area contributed by atoms with E-state index in [-0.39, 0.29) is 0 Å². The van der Waals surface area contributed by atoms with Crippen LogP contribution in [0.3, 0.4) is 0 Å². The van der Waals surface area contributed by atoms with Crippen LogP contribution >= 0.6 is 0 Å². The molecule has 0 N–H and O–H groups in total. The van der Waals surface area contributed by atoms with Crippen molar-refractivity contribution in [2.45, 2.75) is 32.1 Å². The molecule has 2 nitrogen and oxygen atoms in total. The van der Waals surface area contributed by atoms with Gasteiger partial charge in [-0.15, -0.1) is 0 Å². The smallest absolute Gasteiger partial charge is 0.0540 e. The first-order valence-corrected chi connectivity index (χ1v) is 16.8.